The van der Waals surface area contributed by atoms with Crippen molar-refractivity contribution in [2.24, 2.45) is 0 Å². The van der Waals surface area contributed by atoms with Crippen LogP contribution < -0.4 is 4.90 Å². The molecule has 0 spiro atoms. The van der Waals surface area contributed by atoms with Gasteiger partial charge < -0.3 is 9.42 Å². The Kier molecular flexibility index (Phi) is 4.30. The molecule has 2 aromatic heterocycles. The summed E-state index contributed by atoms with van der Waals surface area (Å²) in [6.07, 6.45) is 4.91. The number of pyridine rings is 1. The minimum absolute atomic E-state index is 0.0574. The molecule has 26 heavy (non-hydrogen) atoms. The maximum absolute atomic E-state index is 11.6. The molecule has 8 nitrogen and oxygen atoms in total. The predicted molar refractivity (Wildman–Crippen MR) is 95.7 cm³/mol. The number of nitrogens with zero attached hydrogens (tertiary/aromatic N) is 5. The first-order valence-corrected chi connectivity index (χ1v) is 8.51. The topological polar surface area (TPSA) is 98.2 Å². The first kappa shape index (κ1) is 16.2. The van der Waals surface area contributed by atoms with Crippen LogP contribution in [-0.2, 0) is 0 Å². The number of anilines is 1. The van der Waals surface area contributed by atoms with E-state index < -0.39 is 0 Å². The van der Waals surface area contributed by atoms with Crippen LogP contribution in [0.25, 0.3) is 23.0 Å². The Balaban J connectivity index is 1.68. The third kappa shape index (κ3) is 3.13. The van der Waals surface area contributed by atoms with Crippen molar-refractivity contribution in [1.29, 1.82) is 0 Å². The molecule has 0 amide bonds. The summed E-state index contributed by atoms with van der Waals surface area (Å²) < 4.78 is 5.29. The van der Waals surface area contributed by atoms with Gasteiger partial charge in [-0.15, -0.1) is 0 Å². The van der Waals surface area contributed by atoms with Crippen LogP contribution in [-0.4, -0.2) is 33.1 Å². The van der Waals surface area contributed by atoms with Gasteiger partial charge in [0.25, 0.3) is 11.6 Å². The molecule has 0 aliphatic carbocycles. The van der Waals surface area contributed by atoms with Crippen molar-refractivity contribution in [1.82, 2.24) is 15.1 Å². The molecule has 1 saturated heterocycles. The molecule has 1 aliphatic rings. The highest BCUT2D eigenvalue weighted by Crippen LogP contribution is 2.34. The fourth-order valence-corrected chi connectivity index (χ4v) is 3.14. The summed E-state index contributed by atoms with van der Waals surface area (Å²) >= 11 is 0. The van der Waals surface area contributed by atoms with E-state index in [0.717, 1.165) is 25.9 Å². The minimum Gasteiger partial charge on any atom is -0.366 e. The van der Waals surface area contributed by atoms with Crippen LogP contribution >= 0.6 is 0 Å². The van der Waals surface area contributed by atoms with E-state index in [-0.39, 0.29) is 16.5 Å². The predicted octanol–water partition coefficient (Wildman–Crippen LogP) is 3.70. The Morgan fingerprint density at radius 2 is 1.96 bits per heavy atom. The van der Waals surface area contributed by atoms with E-state index in [1.54, 1.807) is 30.5 Å². The van der Waals surface area contributed by atoms with E-state index >= 15 is 0 Å². The number of rotatable bonds is 4. The summed E-state index contributed by atoms with van der Waals surface area (Å²) in [5.41, 5.74) is 1.80. The maximum Gasteiger partial charge on any atom is 0.293 e. The fraction of sp³-hybridized carbons (Fsp3) is 0.278. The molecule has 0 atom stereocenters. The summed E-state index contributed by atoms with van der Waals surface area (Å²) in [7, 11) is 0. The van der Waals surface area contributed by atoms with Gasteiger partial charge >= 0.3 is 0 Å². The summed E-state index contributed by atoms with van der Waals surface area (Å²) in [6, 6.07) is 10.5. The highest BCUT2D eigenvalue weighted by atomic mass is 16.6. The lowest BCUT2D eigenvalue weighted by atomic mass is 10.1. The van der Waals surface area contributed by atoms with Gasteiger partial charge in [0.05, 0.1) is 4.92 Å². The normalized spacial score (nSPS) is 14.4. The number of nitro benzene ring substituents is 1. The summed E-state index contributed by atoms with van der Waals surface area (Å²) in [5, 5.41) is 15.5. The average Bonchev–Trinajstić information content (AvgIpc) is 3.19. The lowest BCUT2D eigenvalue weighted by Gasteiger charge is -2.28. The Hall–Kier alpha value is -3.29. The molecule has 1 aliphatic heterocycles. The standard InChI is InChI=1S/C18H17N5O3/c24-23(25)16-12-13(7-8-15(16)22-10-4-1-5-11-22)18-20-17(21-26-18)14-6-2-3-9-19-14/h2-3,6-9,12H,1,4-5,10-11H2. The van der Waals surface area contributed by atoms with Crippen LogP contribution in [0.5, 0.6) is 0 Å². The zero-order valence-corrected chi connectivity index (χ0v) is 14.0. The van der Waals surface area contributed by atoms with Crippen LogP contribution in [0.2, 0.25) is 0 Å². The number of hydrogen-bond donors (Lipinski definition) is 0. The van der Waals surface area contributed by atoms with Crippen molar-refractivity contribution in [3.8, 4) is 23.0 Å². The Labute approximate surface area is 149 Å². The van der Waals surface area contributed by atoms with Gasteiger partial charge in [0.2, 0.25) is 5.82 Å². The molecule has 3 aromatic rings. The number of piperidine rings is 1. The average molecular weight is 351 g/mol. The van der Waals surface area contributed by atoms with Crippen molar-refractivity contribution in [2.75, 3.05) is 18.0 Å². The van der Waals surface area contributed by atoms with E-state index in [4.69, 9.17) is 4.52 Å². The van der Waals surface area contributed by atoms with Gasteiger partial charge in [-0.25, -0.2) is 0 Å². The van der Waals surface area contributed by atoms with E-state index in [1.165, 1.54) is 12.5 Å². The van der Waals surface area contributed by atoms with Crippen LogP contribution in [0, 0.1) is 10.1 Å². The Morgan fingerprint density at radius 3 is 2.69 bits per heavy atom. The lowest BCUT2D eigenvalue weighted by molar-refractivity contribution is -0.384. The van der Waals surface area contributed by atoms with Crippen molar-refractivity contribution >= 4 is 11.4 Å². The van der Waals surface area contributed by atoms with Gasteiger partial charge in [-0.05, 0) is 43.5 Å². The Bertz CT molecular complexity index is 920. The number of aromatic nitrogens is 3. The Morgan fingerprint density at radius 1 is 1.12 bits per heavy atom. The molecule has 0 saturated carbocycles. The van der Waals surface area contributed by atoms with Gasteiger partial charge in [-0.2, -0.15) is 4.98 Å². The largest absolute Gasteiger partial charge is 0.366 e. The second kappa shape index (κ2) is 6.91. The molecule has 0 bridgehead atoms. The number of benzene rings is 1. The highest BCUT2D eigenvalue weighted by molar-refractivity contribution is 5.71. The third-order valence-electron chi connectivity index (χ3n) is 4.44. The quantitative estimate of drug-likeness (QED) is 0.522. The van der Waals surface area contributed by atoms with Crippen molar-refractivity contribution < 1.29 is 9.45 Å². The van der Waals surface area contributed by atoms with Crippen molar-refractivity contribution in [2.45, 2.75) is 19.3 Å². The summed E-state index contributed by atoms with van der Waals surface area (Å²) in [5.74, 6) is 0.585. The summed E-state index contributed by atoms with van der Waals surface area (Å²) in [6.45, 7) is 1.68. The second-order valence-corrected chi connectivity index (χ2v) is 6.15. The van der Waals surface area contributed by atoms with E-state index in [0.29, 0.717) is 22.8 Å². The molecule has 0 N–H and O–H groups in total. The highest BCUT2D eigenvalue weighted by Gasteiger charge is 2.23. The lowest BCUT2D eigenvalue weighted by Crippen LogP contribution is -2.29. The minimum atomic E-state index is -0.358. The monoisotopic (exact) mass is 351 g/mol. The molecule has 8 heteroatoms. The molecule has 1 aromatic carbocycles. The zero-order chi connectivity index (χ0) is 17.9. The van der Waals surface area contributed by atoms with Gasteiger partial charge in [0, 0.05) is 30.9 Å². The molecule has 3 heterocycles. The van der Waals surface area contributed by atoms with Crippen LogP contribution in [0.4, 0.5) is 11.4 Å². The zero-order valence-electron chi connectivity index (χ0n) is 14.0. The van der Waals surface area contributed by atoms with Gasteiger partial charge in [0.15, 0.2) is 0 Å². The van der Waals surface area contributed by atoms with Crippen LogP contribution in [0.15, 0.2) is 47.1 Å². The molecular weight excluding hydrogens is 334 g/mol. The SMILES string of the molecule is O=[N+]([O-])c1cc(-c2nc(-c3ccccn3)no2)ccc1N1CCCCC1. The second-order valence-electron chi connectivity index (χ2n) is 6.15. The first-order valence-electron chi connectivity index (χ1n) is 8.51. The number of nitro groups is 1. The molecule has 0 radical (unpaired) electrons. The molecule has 4 rings (SSSR count). The molecular formula is C18H17N5O3. The van der Waals surface area contributed by atoms with Crippen LogP contribution in [0.1, 0.15) is 19.3 Å². The molecule has 1 fully saturated rings. The molecule has 132 valence electrons. The van der Waals surface area contributed by atoms with Gasteiger partial charge in [-0.3, -0.25) is 15.1 Å². The fourth-order valence-electron chi connectivity index (χ4n) is 3.14. The van der Waals surface area contributed by atoms with E-state index in [9.17, 15) is 10.1 Å². The third-order valence-corrected chi connectivity index (χ3v) is 4.44. The van der Waals surface area contributed by atoms with Crippen molar-refractivity contribution in [3.05, 3.63) is 52.7 Å². The maximum atomic E-state index is 11.6. The smallest absolute Gasteiger partial charge is 0.293 e. The van der Waals surface area contributed by atoms with E-state index in [1.807, 2.05) is 6.07 Å². The number of hydrogen-bond acceptors (Lipinski definition) is 7. The van der Waals surface area contributed by atoms with Crippen molar-refractivity contribution in [3.63, 3.8) is 0 Å². The summed E-state index contributed by atoms with van der Waals surface area (Å²) in [4.78, 5) is 21.8. The van der Waals surface area contributed by atoms with Gasteiger partial charge in [0.1, 0.15) is 11.4 Å². The van der Waals surface area contributed by atoms with E-state index in [2.05, 4.69) is 20.0 Å². The van der Waals surface area contributed by atoms with Gasteiger partial charge in [-0.1, -0.05) is 11.2 Å². The molecule has 0 unspecified atom stereocenters. The first-order chi connectivity index (χ1) is 12.7. The van der Waals surface area contributed by atoms with Crippen LogP contribution in [0.3, 0.4) is 0 Å².